The molecule has 1 amide bonds. The summed E-state index contributed by atoms with van der Waals surface area (Å²) in [6.07, 6.45) is -0.878. The lowest BCUT2D eigenvalue weighted by Crippen LogP contribution is -2.18. The first-order valence-electron chi connectivity index (χ1n) is 5.79. The van der Waals surface area contributed by atoms with Gasteiger partial charge in [0, 0.05) is 0 Å². The Morgan fingerprint density at radius 2 is 1.80 bits per heavy atom. The highest BCUT2D eigenvalue weighted by Gasteiger charge is 2.13. The van der Waals surface area contributed by atoms with Crippen molar-refractivity contribution in [1.82, 2.24) is 0 Å². The maximum atomic E-state index is 13.5. The smallest absolute Gasteiger partial charge is 0.412 e. The lowest BCUT2D eigenvalue weighted by Gasteiger charge is -2.09. The number of amides is 1. The summed E-state index contributed by atoms with van der Waals surface area (Å²) in [5.41, 5.74) is 0.132. The second-order valence-corrected chi connectivity index (χ2v) is 4.02. The van der Waals surface area contributed by atoms with E-state index in [-0.39, 0.29) is 17.8 Å². The molecule has 20 heavy (non-hydrogen) atoms. The Morgan fingerprint density at radius 1 is 1.10 bits per heavy atom. The maximum Gasteiger partial charge on any atom is 0.412 e. The molecule has 2 rings (SSSR count). The normalized spacial score (nSPS) is 10.1. The standard InChI is InChI=1S/C14H10BF2NO2/c15-10-6-7-11(13(17)12(10)16)18-14(19)20-8-9-4-2-1-3-5-9/h1-7H,8H2,(H,18,19). The van der Waals surface area contributed by atoms with Gasteiger partial charge in [-0.05, 0) is 11.6 Å². The van der Waals surface area contributed by atoms with Gasteiger partial charge < -0.3 is 4.74 Å². The van der Waals surface area contributed by atoms with Crippen molar-refractivity contribution in [3.63, 3.8) is 0 Å². The van der Waals surface area contributed by atoms with Crippen LogP contribution in [-0.2, 0) is 11.3 Å². The monoisotopic (exact) mass is 273 g/mol. The average molecular weight is 273 g/mol. The van der Waals surface area contributed by atoms with E-state index in [0.29, 0.717) is 0 Å². The molecule has 0 heterocycles. The summed E-state index contributed by atoms with van der Waals surface area (Å²) in [6, 6.07) is 11.3. The maximum absolute atomic E-state index is 13.5. The van der Waals surface area contributed by atoms with E-state index in [1.807, 2.05) is 6.07 Å². The Labute approximate surface area is 116 Å². The average Bonchev–Trinajstić information content (AvgIpc) is 2.47. The molecule has 1 N–H and O–H groups in total. The van der Waals surface area contributed by atoms with Gasteiger partial charge in [-0.1, -0.05) is 41.9 Å². The molecule has 100 valence electrons. The topological polar surface area (TPSA) is 38.3 Å². The lowest BCUT2D eigenvalue weighted by atomic mass is 9.95. The fraction of sp³-hybridized carbons (Fsp3) is 0.0714. The van der Waals surface area contributed by atoms with Crippen LogP contribution in [0.2, 0.25) is 0 Å². The number of carbonyl (C=O) groups excluding carboxylic acids is 1. The number of benzene rings is 2. The zero-order valence-corrected chi connectivity index (χ0v) is 10.4. The van der Waals surface area contributed by atoms with Crippen molar-refractivity contribution in [2.75, 3.05) is 5.32 Å². The van der Waals surface area contributed by atoms with E-state index in [1.165, 1.54) is 0 Å². The van der Waals surface area contributed by atoms with Crippen LogP contribution in [0.1, 0.15) is 5.56 Å². The minimum absolute atomic E-state index is 0.0335. The van der Waals surface area contributed by atoms with Crippen LogP contribution in [0, 0.1) is 11.6 Å². The molecule has 0 saturated carbocycles. The lowest BCUT2D eigenvalue weighted by molar-refractivity contribution is 0.155. The molecule has 0 fully saturated rings. The molecule has 0 spiro atoms. The van der Waals surface area contributed by atoms with Crippen LogP contribution in [0.15, 0.2) is 42.5 Å². The zero-order chi connectivity index (χ0) is 14.5. The summed E-state index contributed by atoms with van der Waals surface area (Å²) in [5.74, 6) is -2.42. The van der Waals surface area contributed by atoms with Gasteiger partial charge >= 0.3 is 6.09 Å². The van der Waals surface area contributed by atoms with Crippen molar-refractivity contribution in [3.05, 3.63) is 59.7 Å². The molecule has 0 saturated heterocycles. The highest BCUT2D eigenvalue weighted by molar-refractivity contribution is 6.32. The summed E-state index contributed by atoms with van der Waals surface area (Å²) in [7, 11) is 5.20. The molecule has 0 atom stereocenters. The largest absolute Gasteiger partial charge is 0.444 e. The van der Waals surface area contributed by atoms with Crippen molar-refractivity contribution >= 4 is 25.1 Å². The molecule has 2 aromatic rings. The van der Waals surface area contributed by atoms with Gasteiger partial charge in [-0.25, -0.2) is 13.6 Å². The zero-order valence-electron chi connectivity index (χ0n) is 10.4. The van der Waals surface area contributed by atoms with E-state index < -0.39 is 17.7 Å². The van der Waals surface area contributed by atoms with Crippen LogP contribution in [0.4, 0.5) is 19.3 Å². The third-order valence-corrected chi connectivity index (χ3v) is 2.56. The van der Waals surface area contributed by atoms with E-state index in [0.717, 1.165) is 17.7 Å². The first kappa shape index (κ1) is 14.1. The van der Waals surface area contributed by atoms with E-state index in [1.54, 1.807) is 24.3 Å². The molecule has 2 radical (unpaired) electrons. The first-order valence-corrected chi connectivity index (χ1v) is 5.79. The summed E-state index contributed by atoms with van der Waals surface area (Å²) in [4.78, 5) is 11.5. The summed E-state index contributed by atoms with van der Waals surface area (Å²) in [5, 5.41) is 2.12. The fourth-order valence-corrected chi connectivity index (χ4v) is 1.53. The van der Waals surface area contributed by atoms with E-state index in [9.17, 15) is 13.6 Å². The molecule has 0 unspecified atom stereocenters. The number of rotatable bonds is 3. The van der Waals surface area contributed by atoms with Crippen LogP contribution in [-0.4, -0.2) is 13.9 Å². The van der Waals surface area contributed by atoms with Gasteiger partial charge in [-0.3, -0.25) is 5.32 Å². The molecule has 6 heteroatoms. The second-order valence-electron chi connectivity index (χ2n) is 4.02. The Kier molecular flexibility index (Phi) is 4.35. The number of ether oxygens (including phenoxy) is 1. The van der Waals surface area contributed by atoms with Gasteiger partial charge in [0.2, 0.25) is 0 Å². The Hall–Kier alpha value is -2.37. The van der Waals surface area contributed by atoms with Crippen molar-refractivity contribution in [3.8, 4) is 0 Å². The Morgan fingerprint density at radius 3 is 2.50 bits per heavy atom. The third-order valence-electron chi connectivity index (χ3n) is 2.56. The summed E-state index contributed by atoms with van der Waals surface area (Å²) in [6.45, 7) is 0.0335. The number of carbonyl (C=O) groups is 1. The SMILES string of the molecule is [B]c1ccc(NC(=O)OCc2ccccc2)c(F)c1F. The predicted octanol–water partition coefficient (Wildman–Crippen LogP) is 2.51. The highest BCUT2D eigenvalue weighted by atomic mass is 19.2. The number of halogens is 2. The summed E-state index contributed by atoms with van der Waals surface area (Å²) >= 11 is 0. The molecule has 0 aliphatic rings. The number of hydrogen-bond acceptors (Lipinski definition) is 2. The van der Waals surface area contributed by atoms with E-state index in [2.05, 4.69) is 5.32 Å². The minimum atomic E-state index is -1.22. The van der Waals surface area contributed by atoms with Gasteiger partial charge in [-0.15, -0.1) is 0 Å². The van der Waals surface area contributed by atoms with Crippen molar-refractivity contribution in [2.24, 2.45) is 0 Å². The minimum Gasteiger partial charge on any atom is -0.444 e. The van der Waals surface area contributed by atoms with Gasteiger partial charge in [0.05, 0.1) is 5.69 Å². The number of anilines is 1. The molecule has 0 aliphatic carbocycles. The van der Waals surface area contributed by atoms with Crippen LogP contribution >= 0.6 is 0 Å². The second kappa shape index (κ2) is 6.19. The van der Waals surface area contributed by atoms with Gasteiger partial charge in [0.15, 0.2) is 11.6 Å². The molecule has 2 aromatic carbocycles. The quantitative estimate of drug-likeness (QED) is 0.872. The van der Waals surface area contributed by atoms with Crippen molar-refractivity contribution in [1.29, 1.82) is 0 Å². The highest BCUT2D eigenvalue weighted by Crippen LogP contribution is 2.15. The Bertz CT molecular complexity index is 620. The van der Waals surface area contributed by atoms with Crippen LogP contribution in [0.5, 0.6) is 0 Å². The first-order chi connectivity index (χ1) is 9.58. The summed E-state index contributed by atoms with van der Waals surface area (Å²) < 4.78 is 31.5. The van der Waals surface area contributed by atoms with E-state index >= 15 is 0 Å². The molecular formula is C14H10BF2NO2. The third kappa shape index (κ3) is 3.35. The van der Waals surface area contributed by atoms with Crippen molar-refractivity contribution in [2.45, 2.75) is 6.61 Å². The number of hydrogen-bond donors (Lipinski definition) is 1. The van der Waals surface area contributed by atoms with Gasteiger partial charge in [-0.2, -0.15) is 0 Å². The fourth-order valence-electron chi connectivity index (χ4n) is 1.53. The Balaban J connectivity index is 1.97. The molecular weight excluding hydrogens is 263 g/mol. The van der Waals surface area contributed by atoms with Crippen LogP contribution < -0.4 is 10.8 Å². The molecule has 3 nitrogen and oxygen atoms in total. The van der Waals surface area contributed by atoms with E-state index in [4.69, 9.17) is 12.6 Å². The van der Waals surface area contributed by atoms with Crippen molar-refractivity contribution < 1.29 is 18.3 Å². The predicted molar refractivity (Wildman–Crippen MR) is 72.0 cm³/mol. The molecule has 0 bridgehead atoms. The molecule has 0 aliphatic heterocycles. The van der Waals surface area contributed by atoms with Gasteiger partial charge in [0.1, 0.15) is 14.5 Å². The van der Waals surface area contributed by atoms with Crippen LogP contribution in [0.25, 0.3) is 0 Å². The van der Waals surface area contributed by atoms with Crippen LogP contribution in [0.3, 0.4) is 0 Å². The molecule has 0 aromatic heterocycles. The van der Waals surface area contributed by atoms with Gasteiger partial charge in [0.25, 0.3) is 0 Å². The number of nitrogens with one attached hydrogen (secondary N) is 1.